The van der Waals surface area contributed by atoms with Gasteiger partial charge in [-0.1, -0.05) is 23.7 Å². The SMILES string of the molecule is COC(=O)C[C@H](NCc1cccc(Cl)c1)C(=O)O. The fraction of sp³-hybridized carbons (Fsp3) is 0.333. The lowest BCUT2D eigenvalue weighted by Gasteiger charge is -2.13. The zero-order valence-electron chi connectivity index (χ0n) is 9.85. The molecule has 0 saturated heterocycles. The van der Waals surface area contributed by atoms with Crippen molar-refractivity contribution in [2.45, 2.75) is 19.0 Å². The van der Waals surface area contributed by atoms with Crippen LogP contribution in [-0.2, 0) is 20.9 Å². The molecule has 0 saturated carbocycles. The van der Waals surface area contributed by atoms with Gasteiger partial charge in [-0.3, -0.25) is 14.9 Å². The lowest BCUT2D eigenvalue weighted by molar-refractivity contribution is -0.147. The van der Waals surface area contributed by atoms with Gasteiger partial charge in [0.05, 0.1) is 13.5 Å². The molecule has 0 heterocycles. The molecular formula is C12H14ClNO4. The van der Waals surface area contributed by atoms with Crippen LogP contribution in [-0.4, -0.2) is 30.2 Å². The molecule has 0 aliphatic carbocycles. The van der Waals surface area contributed by atoms with Crippen LogP contribution in [0.3, 0.4) is 0 Å². The van der Waals surface area contributed by atoms with Gasteiger partial charge >= 0.3 is 11.9 Å². The molecule has 0 bridgehead atoms. The molecule has 0 amide bonds. The Labute approximate surface area is 110 Å². The zero-order chi connectivity index (χ0) is 13.5. The topological polar surface area (TPSA) is 75.6 Å². The first-order chi connectivity index (χ1) is 8.52. The fourth-order valence-corrected chi connectivity index (χ4v) is 1.60. The summed E-state index contributed by atoms with van der Waals surface area (Å²) in [6.07, 6.45) is -0.216. The van der Waals surface area contributed by atoms with Crippen LogP contribution in [0.2, 0.25) is 5.02 Å². The summed E-state index contributed by atoms with van der Waals surface area (Å²) in [5.74, 6) is -1.66. The number of carbonyl (C=O) groups is 2. The van der Waals surface area contributed by atoms with Crippen molar-refractivity contribution in [2.75, 3.05) is 7.11 Å². The molecular weight excluding hydrogens is 258 g/mol. The second kappa shape index (κ2) is 6.98. The number of benzene rings is 1. The number of aliphatic carboxylic acids is 1. The maximum atomic E-state index is 11.0. The standard InChI is InChI=1S/C12H14ClNO4/c1-18-11(15)6-10(12(16)17)14-7-8-3-2-4-9(13)5-8/h2-5,10,14H,6-7H2,1H3,(H,16,17)/t10-/m0/s1. The maximum Gasteiger partial charge on any atom is 0.321 e. The van der Waals surface area contributed by atoms with Crippen molar-refractivity contribution in [1.82, 2.24) is 5.32 Å². The van der Waals surface area contributed by atoms with Gasteiger partial charge in [0, 0.05) is 11.6 Å². The fourth-order valence-electron chi connectivity index (χ4n) is 1.38. The highest BCUT2D eigenvalue weighted by Gasteiger charge is 2.20. The second-order valence-electron chi connectivity index (χ2n) is 3.68. The van der Waals surface area contributed by atoms with Gasteiger partial charge < -0.3 is 9.84 Å². The van der Waals surface area contributed by atoms with Gasteiger partial charge in [-0.05, 0) is 17.7 Å². The quantitative estimate of drug-likeness (QED) is 0.766. The van der Waals surface area contributed by atoms with Crippen LogP contribution in [0.4, 0.5) is 0 Å². The van der Waals surface area contributed by atoms with Crippen LogP contribution in [0.25, 0.3) is 0 Å². The molecule has 0 aromatic heterocycles. The van der Waals surface area contributed by atoms with Gasteiger partial charge in [-0.2, -0.15) is 0 Å². The number of rotatable bonds is 6. The van der Waals surface area contributed by atoms with Crippen molar-refractivity contribution in [1.29, 1.82) is 0 Å². The second-order valence-corrected chi connectivity index (χ2v) is 4.12. The number of nitrogens with one attached hydrogen (secondary N) is 1. The Morgan fingerprint density at radius 3 is 2.78 bits per heavy atom. The third kappa shape index (κ3) is 4.73. The van der Waals surface area contributed by atoms with Crippen molar-refractivity contribution in [2.24, 2.45) is 0 Å². The first kappa shape index (κ1) is 14.5. The van der Waals surface area contributed by atoms with Crippen LogP contribution < -0.4 is 5.32 Å². The molecule has 1 aromatic carbocycles. The number of halogens is 1. The monoisotopic (exact) mass is 271 g/mol. The van der Waals surface area contributed by atoms with Gasteiger partial charge in [-0.15, -0.1) is 0 Å². The molecule has 2 N–H and O–H groups in total. The largest absolute Gasteiger partial charge is 0.480 e. The normalized spacial score (nSPS) is 11.9. The summed E-state index contributed by atoms with van der Waals surface area (Å²) in [5.41, 5.74) is 0.846. The molecule has 0 aliphatic rings. The average Bonchev–Trinajstić information content (AvgIpc) is 2.33. The molecule has 5 nitrogen and oxygen atoms in total. The van der Waals surface area contributed by atoms with E-state index in [1.807, 2.05) is 6.07 Å². The van der Waals surface area contributed by atoms with Crippen molar-refractivity contribution >= 4 is 23.5 Å². The number of carboxylic acid groups (broad SMARTS) is 1. The van der Waals surface area contributed by atoms with E-state index in [-0.39, 0.29) is 6.42 Å². The molecule has 0 radical (unpaired) electrons. The molecule has 1 aromatic rings. The highest BCUT2D eigenvalue weighted by atomic mass is 35.5. The summed E-state index contributed by atoms with van der Waals surface area (Å²) < 4.78 is 4.44. The summed E-state index contributed by atoms with van der Waals surface area (Å²) >= 11 is 5.81. The molecule has 1 rings (SSSR count). The molecule has 0 aliphatic heterocycles. The molecule has 6 heteroatoms. The first-order valence-electron chi connectivity index (χ1n) is 5.30. The predicted molar refractivity (Wildman–Crippen MR) is 66.3 cm³/mol. The Morgan fingerprint density at radius 1 is 1.50 bits per heavy atom. The highest BCUT2D eigenvalue weighted by molar-refractivity contribution is 6.30. The van der Waals surface area contributed by atoms with E-state index in [1.165, 1.54) is 7.11 Å². The third-order valence-electron chi connectivity index (χ3n) is 2.34. The molecule has 18 heavy (non-hydrogen) atoms. The van der Waals surface area contributed by atoms with Gasteiger partial charge in [0.2, 0.25) is 0 Å². The summed E-state index contributed by atoms with van der Waals surface area (Å²) in [4.78, 5) is 22.0. The van der Waals surface area contributed by atoms with E-state index < -0.39 is 18.0 Å². The minimum absolute atomic E-state index is 0.216. The van der Waals surface area contributed by atoms with Gasteiger partial charge in [-0.25, -0.2) is 0 Å². The molecule has 0 unspecified atom stereocenters. The predicted octanol–water partition coefficient (Wildman–Crippen LogP) is 1.45. The number of esters is 1. The van der Waals surface area contributed by atoms with Gasteiger partial charge in [0.1, 0.15) is 6.04 Å². The Bertz CT molecular complexity index is 436. The zero-order valence-corrected chi connectivity index (χ0v) is 10.6. The van der Waals surface area contributed by atoms with Crippen LogP contribution in [0.15, 0.2) is 24.3 Å². The Hall–Kier alpha value is -1.59. The van der Waals surface area contributed by atoms with E-state index in [0.29, 0.717) is 11.6 Å². The summed E-state index contributed by atoms with van der Waals surface area (Å²) in [5, 5.41) is 12.3. The lowest BCUT2D eigenvalue weighted by atomic mass is 10.1. The van der Waals surface area contributed by atoms with Gasteiger partial charge in [0.15, 0.2) is 0 Å². The van der Waals surface area contributed by atoms with E-state index in [2.05, 4.69) is 10.1 Å². The van der Waals surface area contributed by atoms with E-state index in [9.17, 15) is 9.59 Å². The van der Waals surface area contributed by atoms with E-state index in [1.54, 1.807) is 18.2 Å². The highest BCUT2D eigenvalue weighted by Crippen LogP contribution is 2.10. The van der Waals surface area contributed by atoms with Crippen molar-refractivity contribution in [3.05, 3.63) is 34.9 Å². The summed E-state index contributed by atoms with van der Waals surface area (Å²) in [7, 11) is 1.22. The summed E-state index contributed by atoms with van der Waals surface area (Å²) in [6.45, 7) is 0.314. The Morgan fingerprint density at radius 2 is 2.22 bits per heavy atom. The number of hydrogen-bond acceptors (Lipinski definition) is 4. The van der Waals surface area contributed by atoms with E-state index in [4.69, 9.17) is 16.7 Å². The van der Waals surface area contributed by atoms with Crippen molar-refractivity contribution in [3.8, 4) is 0 Å². The molecule has 0 fully saturated rings. The molecule has 1 atom stereocenters. The molecule has 0 spiro atoms. The van der Waals surface area contributed by atoms with Crippen LogP contribution in [0.5, 0.6) is 0 Å². The van der Waals surface area contributed by atoms with E-state index in [0.717, 1.165) is 5.56 Å². The van der Waals surface area contributed by atoms with Gasteiger partial charge in [0.25, 0.3) is 0 Å². The number of methoxy groups -OCH3 is 1. The van der Waals surface area contributed by atoms with Crippen LogP contribution in [0.1, 0.15) is 12.0 Å². The minimum Gasteiger partial charge on any atom is -0.480 e. The molecule has 98 valence electrons. The third-order valence-corrected chi connectivity index (χ3v) is 2.57. The maximum absolute atomic E-state index is 11.0. The first-order valence-corrected chi connectivity index (χ1v) is 5.68. The Balaban J connectivity index is 2.57. The number of carbonyl (C=O) groups excluding carboxylic acids is 1. The number of hydrogen-bond donors (Lipinski definition) is 2. The van der Waals surface area contributed by atoms with Crippen LogP contribution >= 0.6 is 11.6 Å². The Kier molecular flexibility index (Phi) is 5.61. The number of carboxylic acids is 1. The minimum atomic E-state index is -1.09. The van der Waals surface area contributed by atoms with Crippen LogP contribution in [0, 0.1) is 0 Å². The lowest BCUT2D eigenvalue weighted by Crippen LogP contribution is -2.38. The van der Waals surface area contributed by atoms with E-state index >= 15 is 0 Å². The average molecular weight is 272 g/mol. The van der Waals surface area contributed by atoms with Crippen molar-refractivity contribution in [3.63, 3.8) is 0 Å². The smallest absolute Gasteiger partial charge is 0.321 e. The van der Waals surface area contributed by atoms with Crippen molar-refractivity contribution < 1.29 is 19.4 Å². The number of ether oxygens (including phenoxy) is 1. The summed E-state index contributed by atoms with van der Waals surface area (Å²) in [6, 6.07) is 6.07.